The van der Waals surface area contributed by atoms with Gasteiger partial charge in [-0.1, -0.05) is 40.0 Å². The first kappa shape index (κ1) is 22.4. The second kappa shape index (κ2) is 12.8. The van der Waals surface area contributed by atoms with E-state index in [4.69, 9.17) is 9.47 Å². The van der Waals surface area contributed by atoms with Crippen LogP contribution in [0.2, 0.25) is 0 Å². The Labute approximate surface area is 143 Å². The van der Waals surface area contributed by atoms with Crippen LogP contribution in [0.25, 0.3) is 0 Å². The lowest BCUT2D eigenvalue weighted by Crippen LogP contribution is -2.33. The van der Waals surface area contributed by atoms with Crippen molar-refractivity contribution in [1.29, 1.82) is 0 Å². The number of carbonyl (C=O) groups is 2. The van der Waals surface area contributed by atoms with Gasteiger partial charge in [-0.15, -0.1) is 0 Å². The molecule has 0 aliphatic heterocycles. The van der Waals surface area contributed by atoms with Crippen LogP contribution in [0.5, 0.6) is 0 Å². The third-order valence-electron chi connectivity index (χ3n) is 4.59. The summed E-state index contributed by atoms with van der Waals surface area (Å²) in [6, 6.07) is 0. The smallest absolute Gasteiger partial charge is 0.347 e. The number of methoxy groups -OCH3 is 2. The Morgan fingerprint density at radius 3 is 1.57 bits per heavy atom. The maximum absolute atomic E-state index is 12.5. The van der Waals surface area contributed by atoms with Crippen LogP contribution in [-0.4, -0.2) is 50.3 Å². The minimum atomic E-state index is -1.57. The Balaban J connectivity index is 5.59. The normalized spacial score (nSPS) is 12.7. The SMILES string of the molecule is CCCC[P+](CCCC)(CCCC)C(CC(=O)OC)C(=O)OC. The lowest BCUT2D eigenvalue weighted by atomic mass is 10.3. The molecule has 0 rings (SSSR count). The predicted molar refractivity (Wildman–Crippen MR) is 98.7 cm³/mol. The first-order valence-corrected chi connectivity index (χ1v) is 11.4. The van der Waals surface area contributed by atoms with Crippen molar-refractivity contribution in [2.75, 3.05) is 32.7 Å². The molecule has 0 amide bonds. The monoisotopic (exact) mass is 347 g/mol. The second-order valence-corrected chi connectivity index (χ2v) is 10.7. The van der Waals surface area contributed by atoms with Gasteiger partial charge in [-0.05, 0) is 19.3 Å². The van der Waals surface area contributed by atoms with Crippen LogP contribution in [0.1, 0.15) is 65.7 Å². The van der Waals surface area contributed by atoms with Gasteiger partial charge in [0.1, 0.15) is 0 Å². The molecule has 0 radical (unpaired) electrons. The third-order valence-corrected chi connectivity index (χ3v) is 9.93. The highest BCUT2D eigenvalue weighted by molar-refractivity contribution is 7.77. The molecule has 0 spiro atoms. The highest BCUT2D eigenvalue weighted by atomic mass is 31.2. The first-order valence-electron chi connectivity index (χ1n) is 9.01. The van der Waals surface area contributed by atoms with E-state index in [1.165, 1.54) is 14.2 Å². The molecule has 1 atom stereocenters. The van der Waals surface area contributed by atoms with E-state index in [1.807, 2.05) is 0 Å². The summed E-state index contributed by atoms with van der Waals surface area (Å²) < 4.78 is 9.94. The fraction of sp³-hybridized carbons (Fsp3) is 0.889. The van der Waals surface area contributed by atoms with Gasteiger partial charge in [-0.25, -0.2) is 4.79 Å². The highest BCUT2D eigenvalue weighted by Crippen LogP contribution is 2.66. The number of ether oxygens (including phenoxy) is 2. The van der Waals surface area contributed by atoms with Gasteiger partial charge in [-0.3, -0.25) is 4.79 Å². The fourth-order valence-corrected chi connectivity index (χ4v) is 8.63. The molecular formula is C18H36O4P+. The Kier molecular flexibility index (Phi) is 12.4. The van der Waals surface area contributed by atoms with E-state index in [0.29, 0.717) is 0 Å². The van der Waals surface area contributed by atoms with Crippen LogP contribution in [0, 0.1) is 0 Å². The quantitative estimate of drug-likeness (QED) is 0.363. The molecule has 0 bridgehead atoms. The minimum Gasteiger partial charge on any atom is -0.469 e. The van der Waals surface area contributed by atoms with Crippen molar-refractivity contribution in [3.8, 4) is 0 Å². The van der Waals surface area contributed by atoms with E-state index < -0.39 is 7.26 Å². The van der Waals surface area contributed by atoms with Gasteiger partial charge in [0.05, 0.1) is 39.1 Å². The van der Waals surface area contributed by atoms with Gasteiger partial charge in [0.2, 0.25) is 0 Å². The Morgan fingerprint density at radius 1 is 0.826 bits per heavy atom. The molecule has 0 aliphatic rings. The molecule has 0 saturated carbocycles. The van der Waals surface area contributed by atoms with E-state index in [9.17, 15) is 9.59 Å². The number of unbranched alkanes of at least 4 members (excludes halogenated alkanes) is 3. The number of hydrogen-bond donors (Lipinski definition) is 0. The highest BCUT2D eigenvalue weighted by Gasteiger charge is 2.50. The molecule has 23 heavy (non-hydrogen) atoms. The summed E-state index contributed by atoms with van der Waals surface area (Å²) in [6.07, 6.45) is 10.1. The van der Waals surface area contributed by atoms with Crippen molar-refractivity contribution in [1.82, 2.24) is 0 Å². The summed E-state index contributed by atoms with van der Waals surface area (Å²) >= 11 is 0. The third kappa shape index (κ3) is 7.65. The van der Waals surface area contributed by atoms with Gasteiger partial charge < -0.3 is 9.47 Å². The summed E-state index contributed by atoms with van der Waals surface area (Å²) in [5.41, 5.74) is -0.287. The van der Waals surface area contributed by atoms with Crippen LogP contribution in [-0.2, 0) is 19.1 Å². The van der Waals surface area contributed by atoms with Crippen molar-refractivity contribution >= 4 is 19.2 Å². The molecule has 0 heterocycles. The zero-order chi connectivity index (χ0) is 17.7. The standard InChI is InChI=1S/C18H36O4P/c1-6-9-12-23(13-10-7-2,14-11-8-3)16(18(20)22-5)15-17(19)21-4/h16H,6-15H2,1-5H3/q+1. The average Bonchev–Trinajstić information content (AvgIpc) is 2.58. The van der Waals surface area contributed by atoms with Crippen LogP contribution in [0.15, 0.2) is 0 Å². The Morgan fingerprint density at radius 2 is 1.26 bits per heavy atom. The number of hydrogen-bond acceptors (Lipinski definition) is 4. The van der Waals surface area contributed by atoms with E-state index in [1.54, 1.807) is 0 Å². The molecule has 0 N–H and O–H groups in total. The van der Waals surface area contributed by atoms with Crippen LogP contribution in [0.4, 0.5) is 0 Å². The molecule has 0 aromatic heterocycles. The van der Waals surface area contributed by atoms with Crippen molar-refractivity contribution in [2.45, 2.75) is 71.4 Å². The van der Waals surface area contributed by atoms with Gasteiger partial charge in [0, 0.05) is 7.26 Å². The first-order chi connectivity index (χ1) is 11.0. The number of rotatable bonds is 13. The number of carbonyl (C=O) groups excluding carboxylic acids is 2. The Hall–Kier alpha value is -0.630. The lowest BCUT2D eigenvalue weighted by molar-refractivity contribution is -0.146. The molecular weight excluding hydrogens is 311 g/mol. The van der Waals surface area contributed by atoms with E-state index in [2.05, 4.69) is 20.8 Å². The van der Waals surface area contributed by atoms with E-state index in [0.717, 1.165) is 57.0 Å². The van der Waals surface area contributed by atoms with Gasteiger partial charge >= 0.3 is 11.9 Å². The van der Waals surface area contributed by atoms with Gasteiger partial charge in [0.25, 0.3) is 0 Å². The minimum absolute atomic E-state index is 0.175. The molecule has 4 nitrogen and oxygen atoms in total. The number of esters is 2. The summed E-state index contributed by atoms with van der Waals surface area (Å²) in [5.74, 6) is -0.513. The molecule has 0 fully saturated rings. The van der Waals surface area contributed by atoms with Crippen molar-refractivity contribution in [2.24, 2.45) is 0 Å². The zero-order valence-corrected chi connectivity index (χ0v) is 16.6. The maximum atomic E-state index is 12.5. The van der Waals surface area contributed by atoms with Crippen LogP contribution < -0.4 is 0 Å². The average molecular weight is 347 g/mol. The second-order valence-electron chi connectivity index (χ2n) is 6.27. The summed E-state index contributed by atoms with van der Waals surface area (Å²) in [7, 11) is 1.25. The van der Waals surface area contributed by atoms with E-state index in [-0.39, 0.29) is 24.0 Å². The summed E-state index contributed by atoms with van der Waals surface area (Å²) in [5, 5.41) is 0. The molecule has 5 heteroatoms. The molecule has 0 aromatic carbocycles. The van der Waals surface area contributed by atoms with Crippen molar-refractivity contribution < 1.29 is 19.1 Å². The fourth-order valence-electron chi connectivity index (χ4n) is 3.10. The molecule has 1 unspecified atom stereocenters. The molecule has 0 aromatic rings. The molecule has 136 valence electrons. The van der Waals surface area contributed by atoms with Crippen molar-refractivity contribution in [3.05, 3.63) is 0 Å². The molecule has 0 saturated heterocycles. The van der Waals surface area contributed by atoms with Crippen LogP contribution in [0.3, 0.4) is 0 Å². The molecule has 0 aliphatic carbocycles. The summed E-state index contributed by atoms with van der Waals surface area (Å²) in [4.78, 5) is 24.4. The predicted octanol–water partition coefficient (Wildman–Crippen LogP) is 4.51. The van der Waals surface area contributed by atoms with Gasteiger partial charge in [0.15, 0.2) is 5.66 Å². The topological polar surface area (TPSA) is 52.6 Å². The largest absolute Gasteiger partial charge is 0.469 e. The van der Waals surface area contributed by atoms with Gasteiger partial charge in [-0.2, -0.15) is 0 Å². The van der Waals surface area contributed by atoms with Crippen molar-refractivity contribution in [3.63, 3.8) is 0 Å². The zero-order valence-electron chi connectivity index (χ0n) is 15.7. The Bertz CT molecular complexity index is 322. The van der Waals surface area contributed by atoms with Crippen LogP contribution >= 0.6 is 7.26 Å². The summed E-state index contributed by atoms with van der Waals surface area (Å²) in [6.45, 7) is 6.55. The van der Waals surface area contributed by atoms with E-state index >= 15 is 0 Å². The lowest BCUT2D eigenvalue weighted by Gasteiger charge is -2.33. The maximum Gasteiger partial charge on any atom is 0.347 e.